The fourth-order valence-electron chi connectivity index (χ4n) is 3.45. The molecule has 0 aliphatic carbocycles. The zero-order valence-corrected chi connectivity index (χ0v) is 20.7. The van der Waals surface area contributed by atoms with Crippen LogP contribution < -0.4 is 19.7 Å². The lowest BCUT2D eigenvalue weighted by molar-refractivity contribution is -0.121. The minimum absolute atomic E-state index is 0.0403. The van der Waals surface area contributed by atoms with Crippen molar-refractivity contribution >= 4 is 64.1 Å². The van der Waals surface area contributed by atoms with Gasteiger partial charge in [-0.2, -0.15) is 0 Å². The van der Waals surface area contributed by atoms with E-state index < -0.39 is 0 Å². The van der Waals surface area contributed by atoms with E-state index in [0.717, 1.165) is 0 Å². The second-order valence-electron chi connectivity index (χ2n) is 7.66. The van der Waals surface area contributed by atoms with Gasteiger partial charge in [-0.05, 0) is 72.7 Å². The van der Waals surface area contributed by atoms with Crippen LogP contribution >= 0.6 is 34.8 Å². The molecular formula is C26H21Cl3N2O4. The minimum atomic E-state index is -0.345. The number of hydrogen-bond donors (Lipinski definition) is 1. The van der Waals surface area contributed by atoms with E-state index in [2.05, 4.69) is 5.32 Å². The van der Waals surface area contributed by atoms with Gasteiger partial charge in [-0.25, -0.2) is 0 Å². The molecule has 0 saturated carbocycles. The molecule has 0 saturated heterocycles. The highest BCUT2D eigenvalue weighted by molar-refractivity contribution is 6.35. The summed E-state index contributed by atoms with van der Waals surface area (Å²) in [5.74, 6) is 0.775. The van der Waals surface area contributed by atoms with Crippen LogP contribution in [-0.4, -0.2) is 31.6 Å². The first-order chi connectivity index (χ1) is 16.9. The molecule has 180 valence electrons. The molecule has 35 heavy (non-hydrogen) atoms. The van der Waals surface area contributed by atoms with Crippen molar-refractivity contribution in [2.75, 3.05) is 30.0 Å². The van der Waals surface area contributed by atoms with E-state index in [1.807, 2.05) is 0 Å². The first kappa shape index (κ1) is 24.9. The van der Waals surface area contributed by atoms with E-state index in [4.69, 9.17) is 44.3 Å². The summed E-state index contributed by atoms with van der Waals surface area (Å²) in [7, 11) is 0. The lowest BCUT2D eigenvalue weighted by Crippen LogP contribution is -2.39. The van der Waals surface area contributed by atoms with Crippen LogP contribution in [0, 0.1) is 0 Å². The van der Waals surface area contributed by atoms with E-state index in [9.17, 15) is 9.59 Å². The molecule has 0 aromatic heterocycles. The Morgan fingerprint density at radius 3 is 2.57 bits per heavy atom. The lowest BCUT2D eigenvalue weighted by atomic mass is 10.2. The Labute approximate surface area is 218 Å². The number of rotatable bonds is 8. The number of ether oxygens (including phenoxy) is 2. The standard InChI is InChI=1S/C26H21Cl3N2O4/c27-18-5-8-21(9-6-18)34-13-1-12-31-23-15-20(7-10-24(23)35-16-26(31)33)30-25(32)11-3-17-2-4-19(28)14-22(17)29/h2-11,14-15H,1,12-13,16H2,(H,30,32)/b11-3+. The summed E-state index contributed by atoms with van der Waals surface area (Å²) in [6.07, 6.45) is 3.59. The quantitative estimate of drug-likeness (QED) is 0.266. The lowest BCUT2D eigenvalue weighted by Gasteiger charge is -2.29. The number of nitrogens with zero attached hydrogens (tertiary/aromatic N) is 1. The number of hydrogen-bond acceptors (Lipinski definition) is 4. The number of halogens is 3. The first-order valence-corrected chi connectivity index (χ1v) is 11.9. The fourth-order valence-corrected chi connectivity index (χ4v) is 4.05. The predicted molar refractivity (Wildman–Crippen MR) is 140 cm³/mol. The van der Waals surface area contributed by atoms with Crippen molar-refractivity contribution in [2.45, 2.75) is 6.42 Å². The maximum atomic E-state index is 12.5. The third-order valence-electron chi connectivity index (χ3n) is 5.15. The third kappa shape index (κ3) is 6.69. The summed E-state index contributed by atoms with van der Waals surface area (Å²) in [5.41, 5.74) is 1.79. The Kier molecular flexibility index (Phi) is 8.18. The Balaban J connectivity index is 1.38. The number of carbonyl (C=O) groups excluding carboxylic acids is 2. The van der Waals surface area contributed by atoms with Gasteiger partial charge in [-0.15, -0.1) is 0 Å². The Morgan fingerprint density at radius 1 is 1.03 bits per heavy atom. The average molecular weight is 532 g/mol. The maximum absolute atomic E-state index is 12.5. The second-order valence-corrected chi connectivity index (χ2v) is 8.94. The van der Waals surface area contributed by atoms with Crippen LogP contribution in [-0.2, 0) is 9.59 Å². The summed E-state index contributed by atoms with van der Waals surface area (Å²) < 4.78 is 11.3. The van der Waals surface area contributed by atoms with Gasteiger partial charge in [0.1, 0.15) is 11.5 Å². The molecule has 2 amide bonds. The number of anilines is 2. The van der Waals surface area contributed by atoms with Crippen molar-refractivity contribution in [2.24, 2.45) is 0 Å². The summed E-state index contributed by atoms with van der Waals surface area (Å²) >= 11 is 17.9. The van der Waals surface area contributed by atoms with E-state index in [-0.39, 0.29) is 18.4 Å². The average Bonchev–Trinajstić information content (AvgIpc) is 2.83. The van der Waals surface area contributed by atoms with Crippen molar-refractivity contribution in [1.29, 1.82) is 0 Å². The van der Waals surface area contributed by atoms with Crippen LogP contribution in [0.5, 0.6) is 11.5 Å². The zero-order chi connectivity index (χ0) is 24.8. The van der Waals surface area contributed by atoms with E-state index in [1.54, 1.807) is 71.6 Å². The van der Waals surface area contributed by atoms with Gasteiger partial charge in [0.05, 0.1) is 12.3 Å². The molecule has 0 radical (unpaired) electrons. The number of fused-ring (bicyclic) bond motifs is 1. The van der Waals surface area contributed by atoms with Crippen LogP contribution in [0.2, 0.25) is 15.1 Å². The predicted octanol–water partition coefficient (Wildman–Crippen LogP) is 6.49. The van der Waals surface area contributed by atoms with Crippen LogP contribution in [0.3, 0.4) is 0 Å². The minimum Gasteiger partial charge on any atom is -0.494 e. The largest absolute Gasteiger partial charge is 0.494 e. The van der Waals surface area contributed by atoms with Crippen molar-refractivity contribution in [3.8, 4) is 11.5 Å². The highest BCUT2D eigenvalue weighted by Crippen LogP contribution is 2.34. The van der Waals surface area contributed by atoms with Gasteiger partial charge in [-0.1, -0.05) is 40.9 Å². The summed E-state index contributed by atoms with van der Waals surface area (Å²) in [4.78, 5) is 26.6. The monoisotopic (exact) mass is 530 g/mol. The van der Waals surface area contributed by atoms with Crippen LogP contribution in [0.25, 0.3) is 6.08 Å². The smallest absolute Gasteiger partial charge is 0.265 e. The highest BCUT2D eigenvalue weighted by Gasteiger charge is 2.25. The van der Waals surface area contributed by atoms with E-state index >= 15 is 0 Å². The van der Waals surface area contributed by atoms with Gasteiger partial charge in [0.15, 0.2) is 6.61 Å². The van der Waals surface area contributed by atoms with Crippen molar-refractivity contribution in [1.82, 2.24) is 0 Å². The van der Waals surface area contributed by atoms with Crippen LogP contribution in [0.1, 0.15) is 12.0 Å². The molecule has 1 aliphatic rings. The van der Waals surface area contributed by atoms with Gasteiger partial charge >= 0.3 is 0 Å². The molecule has 3 aromatic rings. The number of benzene rings is 3. The fraction of sp³-hybridized carbons (Fsp3) is 0.154. The molecule has 6 nitrogen and oxygen atoms in total. The number of carbonyl (C=O) groups is 2. The molecular weight excluding hydrogens is 511 g/mol. The van der Waals surface area contributed by atoms with Crippen molar-refractivity contribution in [3.05, 3.63) is 87.4 Å². The summed E-state index contributed by atoms with van der Waals surface area (Å²) in [6, 6.07) is 17.3. The zero-order valence-electron chi connectivity index (χ0n) is 18.5. The Morgan fingerprint density at radius 2 is 1.80 bits per heavy atom. The number of nitrogens with one attached hydrogen (secondary N) is 1. The van der Waals surface area contributed by atoms with E-state index in [1.165, 1.54) is 6.08 Å². The van der Waals surface area contributed by atoms with Gasteiger partial charge < -0.3 is 19.7 Å². The Bertz CT molecular complexity index is 1260. The normalized spacial score (nSPS) is 12.9. The molecule has 1 N–H and O–H groups in total. The molecule has 4 rings (SSSR count). The van der Waals surface area contributed by atoms with Gasteiger partial charge in [0.25, 0.3) is 5.91 Å². The first-order valence-electron chi connectivity index (χ1n) is 10.8. The molecule has 0 unspecified atom stereocenters. The Hall–Kier alpha value is -3.19. The molecule has 0 atom stereocenters. The highest BCUT2D eigenvalue weighted by atomic mass is 35.5. The van der Waals surface area contributed by atoms with E-state index in [0.29, 0.717) is 63.1 Å². The molecule has 1 aliphatic heterocycles. The molecule has 3 aromatic carbocycles. The molecule has 9 heteroatoms. The third-order valence-corrected chi connectivity index (χ3v) is 5.97. The summed E-state index contributed by atoms with van der Waals surface area (Å²) in [6.45, 7) is 0.826. The van der Waals surface area contributed by atoms with Crippen LogP contribution in [0.15, 0.2) is 66.7 Å². The molecule has 0 spiro atoms. The molecule has 0 fully saturated rings. The SMILES string of the molecule is O=C(/C=C/c1ccc(Cl)cc1Cl)Nc1ccc2c(c1)N(CCCOc1ccc(Cl)cc1)C(=O)CO2. The van der Waals surface area contributed by atoms with Gasteiger partial charge in [-0.3, -0.25) is 9.59 Å². The number of amides is 2. The second kappa shape index (κ2) is 11.5. The van der Waals surface area contributed by atoms with Gasteiger partial charge in [0, 0.05) is 33.4 Å². The van der Waals surface area contributed by atoms with Crippen molar-refractivity contribution < 1.29 is 19.1 Å². The van der Waals surface area contributed by atoms with Gasteiger partial charge in [0.2, 0.25) is 5.91 Å². The summed E-state index contributed by atoms with van der Waals surface area (Å²) in [5, 5.41) is 4.40. The maximum Gasteiger partial charge on any atom is 0.265 e. The van der Waals surface area contributed by atoms with Crippen molar-refractivity contribution in [3.63, 3.8) is 0 Å². The topological polar surface area (TPSA) is 67.9 Å². The molecule has 1 heterocycles. The molecule has 0 bridgehead atoms. The van der Waals surface area contributed by atoms with Crippen LogP contribution in [0.4, 0.5) is 11.4 Å².